The first-order chi connectivity index (χ1) is 14.4. The molecule has 6 nitrogen and oxygen atoms in total. The molecule has 0 spiro atoms. The summed E-state index contributed by atoms with van der Waals surface area (Å²) in [4.78, 5) is 30.0. The van der Waals surface area contributed by atoms with Gasteiger partial charge in [-0.1, -0.05) is 36.4 Å². The molecule has 0 saturated heterocycles. The van der Waals surface area contributed by atoms with Crippen LogP contribution >= 0.6 is 0 Å². The first-order valence-electron chi connectivity index (χ1n) is 9.38. The van der Waals surface area contributed by atoms with Gasteiger partial charge in [0.15, 0.2) is 0 Å². The predicted molar refractivity (Wildman–Crippen MR) is 108 cm³/mol. The van der Waals surface area contributed by atoms with Gasteiger partial charge in [-0.15, -0.1) is 0 Å². The second-order valence-corrected chi connectivity index (χ2v) is 6.74. The largest absolute Gasteiger partial charge is 0.396 e. The number of rotatable bonds is 7. The molecule has 0 aliphatic heterocycles. The smallest absolute Gasteiger partial charge is 0.257 e. The number of hydrogen-bond donors (Lipinski definition) is 2. The molecule has 2 aromatic carbocycles. The molecule has 0 saturated carbocycles. The van der Waals surface area contributed by atoms with Crippen LogP contribution in [-0.2, 0) is 24.3 Å². The lowest BCUT2D eigenvalue weighted by Crippen LogP contribution is -2.35. The molecule has 3 rings (SSSR count). The lowest BCUT2D eigenvalue weighted by Gasteiger charge is -2.16. The number of aliphatic hydroxyl groups is 1. The van der Waals surface area contributed by atoms with Crippen molar-refractivity contribution in [2.45, 2.75) is 26.4 Å². The second-order valence-electron chi connectivity index (χ2n) is 6.74. The summed E-state index contributed by atoms with van der Waals surface area (Å²) in [7, 11) is 0. The summed E-state index contributed by atoms with van der Waals surface area (Å²) in [5.74, 6) is -1.68. The van der Waals surface area contributed by atoms with Crippen LogP contribution in [0.25, 0.3) is 11.4 Å². The van der Waals surface area contributed by atoms with Gasteiger partial charge in [0.2, 0.25) is 5.91 Å². The van der Waals surface area contributed by atoms with E-state index in [2.05, 4.69) is 10.3 Å². The third kappa shape index (κ3) is 4.77. The van der Waals surface area contributed by atoms with Gasteiger partial charge in [-0.05, 0) is 13.0 Å². The molecule has 8 heteroatoms. The summed E-state index contributed by atoms with van der Waals surface area (Å²) >= 11 is 0. The molecule has 1 amide bonds. The summed E-state index contributed by atoms with van der Waals surface area (Å²) in [6.07, 6.45) is 0.120. The number of nitrogens with zero attached hydrogens (tertiary/aromatic N) is 2. The fourth-order valence-corrected chi connectivity index (χ4v) is 3.11. The Morgan fingerprint density at radius 3 is 2.57 bits per heavy atom. The number of carbonyl (C=O) groups excluding carboxylic acids is 1. The van der Waals surface area contributed by atoms with Crippen molar-refractivity contribution in [1.29, 1.82) is 0 Å². The minimum atomic E-state index is -0.764. The van der Waals surface area contributed by atoms with Gasteiger partial charge in [0.25, 0.3) is 5.56 Å². The van der Waals surface area contributed by atoms with Crippen molar-refractivity contribution in [3.05, 3.63) is 87.3 Å². The number of halogens is 2. The van der Waals surface area contributed by atoms with Crippen molar-refractivity contribution in [3.8, 4) is 11.4 Å². The maximum Gasteiger partial charge on any atom is 0.257 e. The standard InChI is InChI=1S/C22H21F2N3O3/c1-14-18(9-10-28)22(30)27(21(26-14)15-5-3-2-4-6-15)13-20(29)25-12-16-7-8-17(23)11-19(16)24/h2-8,11,28H,9-10,12-13H2,1H3,(H,25,29). The van der Waals surface area contributed by atoms with Gasteiger partial charge in [0.05, 0.1) is 0 Å². The average molecular weight is 413 g/mol. The Hall–Kier alpha value is -3.39. The summed E-state index contributed by atoms with van der Waals surface area (Å²) in [6.45, 7) is 0.972. The van der Waals surface area contributed by atoms with Gasteiger partial charge in [-0.25, -0.2) is 13.8 Å². The first-order valence-corrected chi connectivity index (χ1v) is 9.38. The van der Waals surface area contributed by atoms with Crippen molar-refractivity contribution < 1.29 is 18.7 Å². The number of amides is 1. The van der Waals surface area contributed by atoms with Gasteiger partial charge in [-0.3, -0.25) is 14.2 Å². The van der Waals surface area contributed by atoms with Crippen LogP contribution in [0, 0.1) is 18.6 Å². The van der Waals surface area contributed by atoms with E-state index in [-0.39, 0.29) is 31.7 Å². The van der Waals surface area contributed by atoms with Crippen molar-refractivity contribution >= 4 is 5.91 Å². The van der Waals surface area contributed by atoms with Crippen LogP contribution in [0.3, 0.4) is 0 Å². The number of benzene rings is 2. The van der Waals surface area contributed by atoms with E-state index in [1.54, 1.807) is 31.2 Å². The highest BCUT2D eigenvalue weighted by atomic mass is 19.1. The molecule has 0 atom stereocenters. The molecule has 1 aromatic heterocycles. The van der Waals surface area contributed by atoms with Crippen molar-refractivity contribution in [3.63, 3.8) is 0 Å². The highest BCUT2D eigenvalue weighted by Crippen LogP contribution is 2.17. The lowest BCUT2D eigenvalue weighted by molar-refractivity contribution is -0.121. The molecule has 0 aliphatic carbocycles. The number of aliphatic hydroxyl groups excluding tert-OH is 1. The molecule has 0 aliphatic rings. The molecule has 3 aromatic rings. The Morgan fingerprint density at radius 1 is 1.17 bits per heavy atom. The number of nitrogens with one attached hydrogen (secondary N) is 1. The van der Waals surface area contributed by atoms with Crippen LogP contribution in [0.5, 0.6) is 0 Å². The maximum absolute atomic E-state index is 13.8. The number of carbonyl (C=O) groups is 1. The van der Waals surface area contributed by atoms with Gasteiger partial charge in [0, 0.05) is 48.0 Å². The SMILES string of the molecule is Cc1nc(-c2ccccc2)n(CC(=O)NCc2ccc(F)cc2F)c(=O)c1CCO. The van der Waals surface area contributed by atoms with Gasteiger partial charge in [-0.2, -0.15) is 0 Å². The lowest BCUT2D eigenvalue weighted by atomic mass is 10.1. The molecule has 2 N–H and O–H groups in total. The molecule has 0 unspecified atom stereocenters. The zero-order valence-corrected chi connectivity index (χ0v) is 16.4. The first kappa shape index (κ1) is 21.3. The molecule has 156 valence electrons. The van der Waals surface area contributed by atoms with Crippen LogP contribution in [0.2, 0.25) is 0 Å². The van der Waals surface area contributed by atoms with Gasteiger partial charge in [0.1, 0.15) is 24.0 Å². The molecule has 0 radical (unpaired) electrons. The van der Waals surface area contributed by atoms with Crippen molar-refractivity contribution in [2.75, 3.05) is 6.61 Å². The normalized spacial score (nSPS) is 10.8. The average Bonchev–Trinajstić information content (AvgIpc) is 2.73. The zero-order valence-electron chi connectivity index (χ0n) is 16.4. The van der Waals surface area contributed by atoms with Crippen molar-refractivity contribution in [2.24, 2.45) is 0 Å². The quantitative estimate of drug-likeness (QED) is 0.623. The predicted octanol–water partition coefficient (Wildman–Crippen LogP) is 2.35. The highest BCUT2D eigenvalue weighted by molar-refractivity contribution is 5.76. The summed E-state index contributed by atoms with van der Waals surface area (Å²) in [5, 5.41) is 11.8. The topological polar surface area (TPSA) is 84.2 Å². The monoisotopic (exact) mass is 413 g/mol. The molecule has 1 heterocycles. The molecule has 30 heavy (non-hydrogen) atoms. The second kappa shape index (κ2) is 9.41. The van der Waals surface area contributed by atoms with Gasteiger partial charge >= 0.3 is 0 Å². The Morgan fingerprint density at radius 2 is 1.90 bits per heavy atom. The van der Waals surface area contributed by atoms with E-state index in [0.29, 0.717) is 22.6 Å². The van der Waals surface area contributed by atoms with Crippen LogP contribution in [0.4, 0.5) is 8.78 Å². The van der Waals surface area contributed by atoms with E-state index in [1.807, 2.05) is 6.07 Å². The number of hydrogen-bond acceptors (Lipinski definition) is 4. The van der Waals surface area contributed by atoms with Crippen LogP contribution in [0.15, 0.2) is 53.3 Å². The van der Waals surface area contributed by atoms with Crippen LogP contribution < -0.4 is 10.9 Å². The minimum Gasteiger partial charge on any atom is -0.396 e. The third-order valence-electron chi connectivity index (χ3n) is 4.66. The van der Waals surface area contributed by atoms with E-state index in [9.17, 15) is 23.5 Å². The number of aryl methyl sites for hydroxylation is 1. The van der Waals surface area contributed by atoms with E-state index >= 15 is 0 Å². The number of aromatic nitrogens is 2. The minimum absolute atomic E-state index is 0.120. The molecular weight excluding hydrogens is 392 g/mol. The summed E-state index contributed by atoms with van der Waals surface area (Å²) in [5.41, 5.74) is 1.18. The summed E-state index contributed by atoms with van der Waals surface area (Å²) in [6, 6.07) is 12.0. The van der Waals surface area contributed by atoms with Crippen LogP contribution in [-0.4, -0.2) is 27.2 Å². The molecular formula is C22H21F2N3O3. The van der Waals surface area contributed by atoms with E-state index in [1.165, 1.54) is 10.6 Å². The fraction of sp³-hybridized carbons (Fsp3) is 0.227. The van der Waals surface area contributed by atoms with E-state index < -0.39 is 23.1 Å². The van der Waals surface area contributed by atoms with Gasteiger partial charge < -0.3 is 10.4 Å². The zero-order chi connectivity index (χ0) is 21.7. The molecule has 0 fully saturated rings. The van der Waals surface area contributed by atoms with Crippen LogP contribution in [0.1, 0.15) is 16.8 Å². The molecule has 0 bridgehead atoms. The fourth-order valence-electron chi connectivity index (χ4n) is 3.11. The maximum atomic E-state index is 13.8. The Labute approximate surface area is 171 Å². The highest BCUT2D eigenvalue weighted by Gasteiger charge is 2.17. The Balaban J connectivity index is 1.90. The Bertz CT molecular complexity index is 1110. The van der Waals surface area contributed by atoms with Crippen molar-refractivity contribution in [1.82, 2.24) is 14.9 Å². The van der Waals surface area contributed by atoms with E-state index in [0.717, 1.165) is 12.1 Å². The third-order valence-corrected chi connectivity index (χ3v) is 4.66. The Kier molecular flexibility index (Phi) is 6.68. The van der Waals surface area contributed by atoms with E-state index in [4.69, 9.17) is 0 Å². The summed E-state index contributed by atoms with van der Waals surface area (Å²) < 4.78 is 28.0.